The third-order valence-electron chi connectivity index (χ3n) is 4.66. The van der Waals surface area contributed by atoms with E-state index in [-0.39, 0.29) is 5.91 Å². The van der Waals surface area contributed by atoms with Crippen molar-refractivity contribution in [2.75, 3.05) is 17.7 Å². The standard InChI is InChI=1S/C26H23F3N2O2/c1-2-33-23-15-11-19(12-16-23)24(18-9-13-20(14-10-18)26(27,28)29)7-4-8-25(32)31-22-6-3-5-21(30)17-22/h3-17H,2,30H2,1H3,(H,31,32)/b8-4+,24-7+. The maximum atomic E-state index is 13.0. The zero-order valence-corrected chi connectivity index (χ0v) is 17.9. The van der Waals surface area contributed by atoms with Crippen LogP contribution in [0.15, 0.2) is 91.0 Å². The number of allylic oxidation sites excluding steroid dienone is 2. The molecule has 0 aromatic heterocycles. The van der Waals surface area contributed by atoms with E-state index in [4.69, 9.17) is 10.5 Å². The predicted molar refractivity (Wildman–Crippen MR) is 125 cm³/mol. The lowest BCUT2D eigenvalue weighted by Gasteiger charge is -2.12. The van der Waals surface area contributed by atoms with Gasteiger partial charge in [0.1, 0.15) is 5.75 Å². The molecule has 0 bridgehead atoms. The fourth-order valence-corrected chi connectivity index (χ4v) is 3.13. The minimum Gasteiger partial charge on any atom is -0.494 e. The number of rotatable bonds is 7. The van der Waals surface area contributed by atoms with Crippen molar-refractivity contribution in [2.24, 2.45) is 0 Å². The highest BCUT2D eigenvalue weighted by molar-refractivity contribution is 6.00. The summed E-state index contributed by atoms with van der Waals surface area (Å²) in [5, 5.41) is 2.71. The van der Waals surface area contributed by atoms with Gasteiger partial charge in [-0.05, 0) is 66.1 Å². The fourth-order valence-electron chi connectivity index (χ4n) is 3.13. The second-order valence-corrected chi connectivity index (χ2v) is 7.09. The summed E-state index contributed by atoms with van der Waals surface area (Å²) in [4.78, 5) is 12.2. The lowest BCUT2D eigenvalue weighted by atomic mass is 9.96. The summed E-state index contributed by atoms with van der Waals surface area (Å²) < 4.78 is 44.3. The molecule has 0 radical (unpaired) electrons. The van der Waals surface area contributed by atoms with Gasteiger partial charge in [-0.1, -0.05) is 42.5 Å². The van der Waals surface area contributed by atoms with Crippen molar-refractivity contribution in [3.8, 4) is 5.75 Å². The molecule has 1 amide bonds. The number of nitrogens with two attached hydrogens (primary N) is 1. The van der Waals surface area contributed by atoms with E-state index in [1.807, 2.05) is 19.1 Å². The summed E-state index contributed by atoms with van der Waals surface area (Å²) >= 11 is 0. The minimum atomic E-state index is -4.42. The molecule has 0 saturated carbocycles. The Morgan fingerprint density at radius 3 is 2.21 bits per heavy atom. The number of ether oxygens (including phenoxy) is 1. The van der Waals surface area contributed by atoms with E-state index >= 15 is 0 Å². The number of benzene rings is 3. The highest BCUT2D eigenvalue weighted by atomic mass is 19.4. The fraction of sp³-hybridized carbons (Fsp3) is 0.115. The van der Waals surface area contributed by atoms with Crippen LogP contribution in [0.25, 0.3) is 5.57 Å². The molecule has 0 aliphatic carbocycles. The quantitative estimate of drug-likeness (QED) is 0.251. The second kappa shape index (κ2) is 10.5. The Morgan fingerprint density at radius 1 is 1.00 bits per heavy atom. The summed E-state index contributed by atoms with van der Waals surface area (Å²) in [5.74, 6) is 0.320. The third-order valence-corrected chi connectivity index (χ3v) is 4.66. The van der Waals surface area contributed by atoms with Crippen molar-refractivity contribution in [3.05, 3.63) is 108 Å². The molecule has 3 N–H and O–H groups in total. The lowest BCUT2D eigenvalue weighted by Crippen LogP contribution is -2.07. The molecule has 3 aromatic rings. The number of carbonyl (C=O) groups excluding carboxylic acids is 1. The van der Waals surface area contributed by atoms with Crippen molar-refractivity contribution in [3.63, 3.8) is 0 Å². The molecule has 0 saturated heterocycles. The summed E-state index contributed by atoms with van der Waals surface area (Å²) in [5.41, 5.74) is 8.06. The van der Waals surface area contributed by atoms with E-state index in [9.17, 15) is 18.0 Å². The van der Waals surface area contributed by atoms with Gasteiger partial charge in [-0.3, -0.25) is 4.79 Å². The number of hydrogen-bond acceptors (Lipinski definition) is 3. The SMILES string of the molecule is CCOc1ccc(/C(=C/C=C/C(=O)Nc2cccc(N)c2)c2ccc(C(F)(F)F)cc2)cc1. The van der Waals surface area contributed by atoms with Crippen LogP contribution in [0.4, 0.5) is 24.5 Å². The normalized spacial score (nSPS) is 12.1. The van der Waals surface area contributed by atoms with Gasteiger partial charge < -0.3 is 15.8 Å². The van der Waals surface area contributed by atoms with Gasteiger partial charge in [0.25, 0.3) is 0 Å². The number of alkyl halides is 3. The molecular weight excluding hydrogens is 429 g/mol. The summed E-state index contributed by atoms with van der Waals surface area (Å²) in [6.45, 7) is 2.40. The molecule has 7 heteroatoms. The van der Waals surface area contributed by atoms with Crippen LogP contribution in [0.5, 0.6) is 5.75 Å². The maximum Gasteiger partial charge on any atom is 0.416 e. The molecule has 0 atom stereocenters. The van der Waals surface area contributed by atoms with Gasteiger partial charge >= 0.3 is 6.18 Å². The van der Waals surface area contributed by atoms with Crippen molar-refractivity contribution < 1.29 is 22.7 Å². The largest absolute Gasteiger partial charge is 0.494 e. The Balaban J connectivity index is 1.88. The molecule has 3 aromatic carbocycles. The van der Waals surface area contributed by atoms with Crippen LogP contribution in [-0.2, 0) is 11.0 Å². The van der Waals surface area contributed by atoms with Crippen LogP contribution in [-0.4, -0.2) is 12.5 Å². The topological polar surface area (TPSA) is 64.3 Å². The number of hydrogen-bond donors (Lipinski definition) is 2. The second-order valence-electron chi connectivity index (χ2n) is 7.09. The van der Waals surface area contributed by atoms with E-state index in [2.05, 4.69) is 5.32 Å². The van der Waals surface area contributed by atoms with Gasteiger partial charge in [-0.25, -0.2) is 0 Å². The first kappa shape index (κ1) is 23.7. The number of amides is 1. The first-order chi connectivity index (χ1) is 15.8. The highest BCUT2D eigenvalue weighted by Gasteiger charge is 2.30. The van der Waals surface area contributed by atoms with Crippen LogP contribution in [0.2, 0.25) is 0 Å². The summed E-state index contributed by atoms with van der Waals surface area (Å²) in [6.07, 6.45) is 0.143. The first-order valence-corrected chi connectivity index (χ1v) is 10.2. The van der Waals surface area contributed by atoms with Crippen LogP contribution in [0.3, 0.4) is 0 Å². The molecule has 33 heavy (non-hydrogen) atoms. The molecule has 0 spiro atoms. The maximum absolute atomic E-state index is 13.0. The predicted octanol–water partition coefficient (Wildman–Crippen LogP) is 6.31. The number of nitrogens with one attached hydrogen (secondary N) is 1. The van der Waals surface area contributed by atoms with Gasteiger partial charge in [0.2, 0.25) is 5.91 Å². The molecule has 0 fully saturated rings. The third kappa shape index (κ3) is 6.74. The number of nitrogen functional groups attached to an aromatic ring is 1. The molecule has 0 aliphatic heterocycles. The van der Waals surface area contributed by atoms with Crippen LogP contribution >= 0.6 is 0 Å². The molecule has 170 valence electrons. The zero-order chi connectivity index (χ0) is 23.8. The molecule has 0 heterocycles. The van der Waals surface area contributed by atoms with Crippen molar-refractivity contribution in [1.29, 1.82) is 0 Å². The van der Waals surface area contributed by atoms with Gasteiger partial charge in [0.15, 0.2) is 0 Å². The number of anilines is 2. The van der Waals surface area contributed by atoms with Gasteiger partial charge in [0, 0.05) is 17.5 Å². The summed E-state index contributed by atoms with van der Waals surface area (Å²) in [6, 6.07) is 18.9. The van der Waals surface area contributed by atoms with Crippen LogP contribution in [0.1, 0.15) is 23.6 Å². The minimum absolute atomic E-state index is 0.365. The van der Waals surface area contributed by atoms with E-state index in [0.29, 0.717) is 34.9 Å². The average Bonchev–Trinajstić information content (AvgIpc) is 2.77. The van der Waals surface area contributed by atoms with Crippen molar-refractivity contribution in [2.45, 2.75) is 13.1 Å². The van der Waals surface area contributed by atoms with Gasteiger partial charge in [-0.15, -0.1) is 0 Å². The molecule has 4 nitrogen and oxygen atoms in total. The smallest absolute Gasteiger partial charge is 0.416 e. The van der Waals surface area contributed by atoms with Crippen molar-refractivity contribution in [1.82, 2.24) is 0 Å². The monoisotopic (exact) mass is 452 g/mol. The molecular formula is C26H23F3N2O2. The van der Waals surface area contributed by atoms with E-state index in [1.54, 1.807) is 48.6 Å². The Morgan fingerprint density at radius 2 is 1.64 bits per heavy atom. The molecule has 0 unspecified atom stereocenters. The first-order valence-electron chi connectivity index (χ1n) is 10.2. The van der Waals surface area contributed by atoms with E-state index < -0.39 is 11.7 Å². The molecule has 3 rings (SSSR count). The average molecular weight is 452 g/mol. The highest BCUT2D eigenvalue weighted by Crippen LogP contribution is 2.32. The van der Waals surface area contributed by atoms with Crippen molar-refractivity contribution >= 4 is 22.9 Å². The van der Waals surface area contributed by atoms with E-state index in [0.717, 1.165) is 17.7 Å². The van der Waals surface area contributed by atoms with E-state index in [1.165, 1.54) is 18.2 Å². The zero-order valence-electron chi connectivity index (χ0n) is 17.9. The Bertz CT molecular complexity index is 1150. The molecule has 0 aliphatic rings. The summed E-state index contributed by atoms with van der Waals surface area (Å²) in [7, 11) is 0. The van der Waals surface area contributed by atoms with Crippen LogP contribution < -0.4 is 15.8 Å². The number of halogens is 3. The van der Waals surface area contributed by atoms with Gasteiger partial charge in [-0.2, -0.15) is 13.2 Å². The Kier molecular flexibility index (Phi) is 7.56. The number of carbonyl (C=O) groups is 1. The Labute approximate surface area is 190 Å². The van der Waals surface area contributed by atoms with Crippen LogP contribution in [0, 0.1) is 0 Å². The Hall–Kier alpha value is -4.00. The lowest BCUT2D eigenvalue weighted by molar-refractivity contribution is -0.137. The van der Waals surface area contributed by atoms with Gasteiger partial charge in [0.05, 0.1) is 12.2 Å².